The van der Waals surface area contributed by atoms with Gasteiger partial charge in [-0.15, -0.1) is 0 Å². The molecule has 0 saturated heterocycles. The van der Waals surface area contributed by atoms with Crippen LogP contribution in [0.15, 0.2) is 48.5 Å². The summed E-state index contributed by atoms with van der Waals surface area (Å²) in [5.41, 5.74) is 3.37. The zero-order chi connectivity index (χ0) is 17.6. The Hall–Kier alpha value is -2.33. The summed E-state index contributed by atoms with van der Waals surface area (Å²) < 4.78 is 5.40. The summed E-state index contributed by atoms with van der Waals surface area (Å²) in [6, 6.07) is 17.1. The largest absolute Gasteiger partial charge is 0.482 e. The fourth-order valence-electron chi connectivity index (χ4n) is 3.05. The van der Waals surface area contributed by atoms with Gasteiger partial charge in [0.2, 0.25) is 0 Å². The van der Waals surface area contributed by atoms with Gasteiger partial charge in [0, 0.05) is 12.6 Å². The first-order valence-corrected chi connectivity index (χ1v) is 8.95. The molecule has 0 radical (unpaired) electrons. The topological polar surface area (TPSA) is 50.4 Å². The smallest absolute Gasteiger partial charge is 0.262 e. The van der Waals surface area contributed by atoms with Crippen LogP contribution in [0, 0.1) is 0 Å². The fraction of sp³-hybridized carbons (Fsp3) is 0.381. The van der Waals surface area contributed by atoms with E-state index in [-0.39, 0.29) is 12.5 Å². The van der Waals surface area contributed by atoms with Crippen molar-refractivity contribution in [3.63, 3.8) is 0 Å². The van der Waals surface area contributed by atoms with Crippen LogP contribution in [-0.2, 0) is 11.2 Å². The third-order valence-corrected chi connectivity index (χ3v) is 4.68. The minimum atomic E-state index is -0.0883. The highest BCUT2D eigenvalue weighted by atomic mass is 16.5. The summed E-state index contributed by atoms with van der Waals surface area (Å²) in [4.78, 5) is 11.4. The van der Waals surface area contributed by atoms with Crippen molar-refractivity contribution in [3.8, 4) is 5.75 Å². The number of aryl methyl sites for hydroxylation is 1. The lowest BCUT2D eigenvalue weighted by Gasteiger charge is -2.20. The molecule has 2 aromatic carbocycles. The number of amides is 1. The number of ether oxygens (including phenoxy) is 1. The monoisotopic (exact) mass is 338 g/mol. The molecule has 4 heteroatoms. The molecule has 2 aromatic rings. The number of carbonyl (C=O) groups excluding carboxylic acids is 1. The van der Waals surface area contributed by atoms with Crippen LogP contribution in [0.1, 0.15) is 37.3 Å². The second-order valence-electron chi connectivity index (χ2n) is 6.83. The number of anilines is 1. The van der Waals surface area contributed by atoms with Crippen LogP contribution in [0.4, 0.5) is 5.69 Å². The predicted octanol–water partition coefficient (Wildman–Crippen LogP) is 3.73. The molecule has 1 amide bonds. The summed E-state index contributed by atoms with van der Waals surface area (Å²) in [6.07, 6.45) is 2.02. The minimum Gasteiger partial charge on any atom is -0.482 e. The Labute approximate surface area is 149 Å². The van der Waals surface area contributed by atoms with Gasteiger partial charge in [-0.05, 0) is 48.9 Å². The molecule has 0 saturated carbocycles. The van der Waals surface area contributed by atoms with Gasteiger partial charge >= 0.3 is 0 Å². The maximum atomic E-state index is 11.4. The average molecular weight is 338 g/mol. The van der Waals surface area contributed by atoms with Crippen LogP contribution in [0.5, 0.6) is 5.75 Å². The normalized spacial score (nSPS) is 15.7. The molecule has 1 aliphatic rings. The van der Waals surface area contributed by atoms with E-state index in [1.807, 2.05) is 12.1 Å². The second kappa shape index (κ2) is 8.17. The van der Waals surface area contributed by atoms with Crippen molar-refractivity contribution in [1.29, 1.82) is 0 Å². The van der Waals surface area contributed by atoms with Crippen LogP contribution in [0.3, 0.4) is 0 Å². The van der Waals surface area contributed by atoms with E-state index in [0.717, 1.165) is 30.8 Å². The zero-order valence-corrected chi connectivity index (χ0v) is 14.9. The molecule has 0 fully saturated rings. The highest BCUT2D eigenvalue weighted by molar-refractivity contribution is 5.95. The van der Waals surface area contributed by atoms with Gasteiger partial charge in [0.05, 0.1) is 5.69 Å². The number of carbonyl (C=O) groups is 1. The van der Waals surface area contributed by atoms with Gasteiger partial charge in [-0.2, -0.15) is 0 Å². The summed E-state index contributed by atoms with van der Waals surface area (Å²) in [7, 11) is 0. The molecule has 2 atom stereocenters. The van der Waals surface area contributed by atoms with Crippen molar-refractivity contribution >= 4 is 11.6 Å². The van der Waals surface area contributed by atoms with E-state index in [1.165, 1.54) is 11.1 Å². The van der Waals surface area contributed by atoms with Crippen LogP contribution in [0.25, 0.3) is 0 Å². The third-order valence-electron chi connectivity index (χ3n) is 4.68. The van der Waals surface area contributed by atoms with Gasteiger partial charge < -0.3 is 15.4 Å². The van der Waals surface area contributed by atoms with Crippen LogP contribution < -0.4 is 15.4 Å². The highest BCUT2D eigenvalue weighted by Gasteiger charge is 2.16. The Morgan fingerprint density at radius 3 is 2.76 bits per heavy atom. The van der Waals surface area contributed by atoms with Crippen LogP contribution in [0.2, 0.25) is 0 Å². The van der Waals surface area contributed by atoms with E-state index < -0.39 is 0 Å². The number of rotatable bonds is 7. The number of hydrogen-bond acceptors (Lipinski definition) is 3. The molecular weight excluding hydrogens is 312 g/mol. The Morgan fingerprint density at radius 1 is 1.16 bits per heavy atom. The van der Waals surface area contributed by atoms with Gasteiger partial charge in [-0.3, -0.25) is 4.79 Å². The Balaban J connectivity index is 1.47. The summed E-state index contributed by atoms with van der Waals surface area (Å²) in [6.45, 7) is 5.55. The second-order valence-corrected chi connectivity index (χ2v) is 6.83. The van der Waals surface area contributed by atoms with E-state index >= 15 is 0 Å². The molecular formula is C21H26N2O2. The lowest BCUT2D eigenvalue weighted by molar-refractivity contribution is -0.118. The Kier molecular flexibility index (Phi) is 5.71. The van der Waals surface area contributed by atoms with Crippen molar-refractivity contribution in [3.05, 3.63) is 59.7 Å². The van der Waals surface area contributed by atoms with E-state index in [2.05, 4.69) is 60.9 Å². The standard InChI is InChI=1S/C21H26N2O2/c1-15(18-6-4-3-5-7-18)13-22-16(2)8-9-17-10-11-20-19(12-17)23-21(24)14-25-20/h3-7,10-12,15-16,22H,8-9,13-14H2,1-2H3,(H,23,24). The van der Waals surface area contributed by atoms with Crippen molar-refractivity contribution in [2.75, 3.05) is 18.5 Å². The SMILES string of the molecule is CC(CCc1ccc2c(c1)NC(=O)CO2)NCC(C)c1ccccc1. The van der Waals surface area contributed by atoms with Crippen molar-refractivity contribution in [2.24, 2.45) is 0 Å². The van der Waals surface area contributed by atoms with Gasteiger partial charge in [0.25, 0.3) is 5.91 Å². The van der Waals surface area contributed by atoms with Crippen molar-refractivity contribution < 1.29 is 9.53 Å². The molecule has 2 N–H and O–H groups in total. The quantitative estimate of drug-likeness (QED) is 0.809. The van der Waals surface area contributed by atoms with E-state index in [1.54, 1.807) is 0 Å². The molecule has 1 heterocycles. The van der Waals surface area contributed by atoms with Crippen LogP contribution >= 0.6 is 0 Å². The van der Waals surface area contributed by atoms with Crippen molar-refractivity contribution in [1.82, 2.24) is 5.32 Å². The maximum Gasteiger partial charge on any atom is 0.262 e. The number of benzene rings is 2. The lowest BCUT2D eigenvalue weighted by Crippen LogP contribution is -2.30. The van der Waals surface area contributed by atoms with E-state index in [9.17, 15) is 4.79 Å². The minimum absolute atomic E-state index is 0.0883. The summed E-state index contributed by atoms with van der Waals surface area (Å²) in [5, 5.41) is 6.49. The first-order chi connectivity index (χ1) is 12.1. The predicted molar refractivity (Wildman–Crippen MR) is 101 cm³/mol. The van der Waals surface area contributed by atoms with Gasteiger partial charge in [-0.1, -0.05) is 43.3 Å². The molecule has 3 rings (SSSR count). The Morgan fingerprint density at radius 2 is 1.96 bits per heavy atom. The van der Waals surface area contributed by atoms with Crippen LogP contribution in [-0.4, -0.2) is 25.1 Å². The number of hydrogen-bond donors (Lipinski definition) is 2. The average Bonchev–Trinajstić information content (AvgIpc) is 2.64. The first kappa shape index (κ1) is 17.5. The maximum absolute atomic E-state index is 11.4. The zero-order valence-electron chi connectivity index (χ0n) is 14.9. The van der Waals surface area contributed by atoms with Crippen molar-refractivity contribution in [2.45, 2.75) is 38.6 Å². The van der Waals surface area contributed by atoms with E-state index in [4.69, 9.17) is 4.74 Å². The molecule has 25 heavy (non-hydrogen) atoms. The molecule has 4 nitrogen and oxygen atoms in total. The molecule has 0 spiro atoms. The first-order valence-electron chi connectivity index (χ1n) is 8.95. The van der Waals surface area contributed by atoms with Gasteiger partial charge in [0.1, 0.15) is 5.75 Å². The molecule has 132 valence electrons. The number of nitrogens with one attached hydrogen (secondary N) is 2. The van der Waals surface area contributed by atoms with Gasteiger partial charge in [0.15, 0.2) is 6.61 Å². The lowest BCUT2D eigenvalue weighted by atomic mass is 10.00. The number of fused-ring (bicyclic) bond motifs is 1. The molecule has 2 unspecified atom stereocenters. The summed E-state index contributed by atoms with van der Waals surface area (Å²) in [5.74, 6) is 1.17. The molecule has 0 aliphatic carbocycles. The van der Waals surface area contributed by atoms with Gasteiger partial charge in [-0.25, -0.2) is 0 Å². The molecule has 0 aromatic heterocycles. The summed E-state index contributed by atoms with van der Waals surface area (Å²) >= 11 is 0. The Bertz CT molecular complexity index is 715. The fourth-order valence-corrected chi connectivity index (χ4v) is 3.05. The molecule has 1 aliphatic heterocycles. The van der Waals surface area contributed by atoms with E-state index in [0.29, 0.717) is 12.0 Å². The molecule has 0 bridgehead atoms. The highest BCUT2D eigenvalue weighted by Crippen LogP contribution is 2.28. The third kappa shape index (κ3) is 4.83.